The molecule has 4 nitrogen and oxygen atoms in total. The van der Waals surface area contributed by atoms with Crippen LogP contribution in [0.2, 0.25) is 0 Å². The van der Waals surface area contributed by atoms with Crippen LogP contribution in [0.4, 0.5) is 13.2 Å². The van der Waals surface area contributed by atoms with Crippen LogP contribution in [0, 0.1) is 0 Å². The number of aromatic nitrogens is 2. The lowest BCUT2D eigenvalue weighted by atomic mass is 10.1. The maximum absolute atomic E-state index is 12.3. The second-order valence-electron chi connectivity index (χ2n) is 2.86. The van der Waals surface area contributed by atoms with E-state index in [-0.39, 0.29) is 12.1 Å². The van der Waals surface area contributed by atoms with Gasteiger partial charge in [-0.1, -0.05) is 0 Å². The first kappa shape index (κ1) is 11.0. The quantitative estimate of drug-likeness (QED) is 0.742. The standard InChI is InChI=1S/C7H10F3N3O/c1-13-3-4(5(14)2-11)6(12-13)7(8,9)10/h3,5,14H,2,11H2,1H3/t5-/m1/s1. The average Bonchev–Trinajstić information content (AvgIpc) is 2.45. The molecule has 0 aliphatic rings. The van der Waals surface area contributed by atoms with Gasteiger partial charge in [0, 0.05) is 25.4 Å². The summed E-state index contributed by atoms with van der Waals surface area (Å²) < 4.78 is 38.0. The van der Waals surface area contributed by atoms with Crippen molar-refractivity contribution in [3.05, 3.63) is 17.5 Å². The Balaban J connectivity index is 3.16. The highest BCUT2D eigenvalue weighted by Gasteiger charge is 2.38. The van der Waals surface area contributed by atoms with Crippen molar-refractivity contribution in [3.63, 3.8) is 0 Å². The molecule has 1 rings (SSSR count). The van der Waals surface area contributed by atoms with Crippen LogP contribution < -0.4 is 5.73 Å². The van der Waals surface area contributed by atoms with Gasteiger partial charge in [-0.05, 0) is 0 Å². The topological polar surface area (TPSA) is 64.1 Å². The summed E-state index contributed by atoms with van der Waals surface area (Å²) in [5, 5.41) is 12.4. The molecule has 7 heteroatoms. The van der Waals surface area contributed by atoms with Crippen molar-refractivity contribution in [3.8, 4) is 0 Å². The summed E-state index contributed by atoms with van der Waals surface area (Å²) in [6.07, 6.45) is -4.78. The lowest BCUT2D eigenvalue weighted by molar-refractivity contribution is -0.142. The number of hydrogen-bond acceptors (Lipinski definition) is 3. The van der Waals surface area contributed by atoms with Crippen LogP contribution in [-0.4, -0.2) is 21.4 Å². The number of halogens is 3. The van der Waals surface area contributed by atoms with E-state index in [1.807, 2.05) is 0 Å². The Morgan fingerprint density at radius 1 is 1.64 bits per heavy atom. The first-order valence-electron chi connectivity index (χ1n) is 3.85. The Morgan fingerprint density at radius 3 is 2.64 bits per heavy atom. The first-order valence-corrected chi connectivity index (χ1v) is 3.85. The number of hydrogen-bond donors (Lipinski definition) is 2. The van der Waals surface area contributed by atoms with E-state index >= 15 is 0 Å². The van der Waals surface area contributed by atoms with Gasteiger partial charge in [-0.15, -0.1) is 0 Å². The summed E-state index contributed by atoms with van der Waals surface area (Å²) in [6.45, 7) is -0.269. The zero-order valence-electron chi connectivity index (χ0n) is 7.41. The highest BCUT2D eigenvalue weighted by atomic mass is 19.4. The van der Waals surface area contributed by atoms with Gasteiger partial charge in [0.1, 0.15) is 0 Å². The zero-order valence-corrected chi connectivity index (χ0v) is 7.41. The lowest BCUT2D eigenvalue weighted by Gasteiger charge is -2.09. The van der Waals surface area contributed by atoms with E-state index in [1.54, 1.807) is 0 Å². The molecule has 1 aromatic rings. The first-order chi connectivity index (χ1) is 6.36. The lowest BCUT2D eigenvalue weighted by Crippen LogP contribution is -2.16. The van der Waals surface area contributed by atoms with Gasteiger partial charge in [-0.2, -0.15) is 18.3 Å². The highest BCUT2D eigenvalue weighted by molar-refractivity contribution is 5.22. The zero-order chi connectivity index (χ0) is 10.9. The minimum absolute atomic E-state index is 0.269. The van der Waals surface area contributed by atoms with E-state index in [2.05, 4.69) is 5.10 Å². The van der Waals surface area contributed by atoms with Crippen molar-refractivity contribution < 1.29 is 18.3 Å². The molecule has 0 saturated heterocycles. The predicted octanol–water partition coefficient (Wildman–Crippen LogP) is 0.431. The third kappa shape index (κ3) is 2.05. The maximum Gasteiger partial charge on any atom is 0.435 e. The fraction of sp³-hybridized carbons (Fsp3) is 0.571. The molecule has 14 heavy (non-hydrogen) atoms. The van der Waals surface area contributed by atoms with Crippen LogP contribution >= 0.6 is 0 Å². The molecule has 0 fully saturated rings. The SMILES string of the molecule is Cn1cc([C@H](O)CN)c(C(F)(F)F)n1. The van der Waals surface area contributed by atoms with Gasteiger partial charge in [-0.25, -0.2) is 0 Å². The summed E-state index contributed by atoms with van der Waals surface area (Å²) in [5.74, 6) is 0. The second-order valence-corrected chi connectivity index (χ2v) is 2.86. The van der Waals surface area contributed by atoms with Crippen molar-refractivity contribution in [1.82, 2.24) is 9.78 Å². The normalized spacial score (nSPS) is 14.4. The van der Waals surface area contributed by atoms with Gasteiger partial charge < -0.3 is 10.8 Å². The molecular formula is C7H10F3N3O. The summed E-state index contributed by atoms with van der Waals surface area (Å²) in [4.78, 5) is 0. The molecule has 0 unspecified atom stereocenters. The molecule has 0 aromatic carbocycles. The molecule has 0 saturated carbocycles. The van der Waals surface area contributed by atoms with Gasteiger partial charge in [0.05, 0.1) is 6.10 Å². The molecule has 0 aliphatic heterocycles. The van der Waals surface area contributed by atoms with Crippen LogP contribution in [0.3, 0.4) is 0 Å². The molecule has 1 atom stereocenters. The Kier molecular flexibility index (Phi) is 2.81. The van der Waals surface area contributed by atoms with Gasteiger partial charge in [0.2, 0.25) is 0 Å². The maximum atomic E-state index is 12.3. The second kappa shape index (κ2) is 3.58. The van der Waals surface area contributed by atoms with Crippen LogP contribution in [0.5, 0.6) is 0 Å². The summed E-state index contributed by atoms with van der Waals surface area (Å²) >= 11 is 0. The van der Waals surface area contributed by atoms with Crippen molar-refractivity contribution in [1.29, 1.82) is 0 Å². The largest absolute Gasteiger partial charge is 0.435 e. The van der Waals surface area contributed by atoms with E-state index in [0.29, 0.717) is 0 Å². The van der Waals surface area contributed by atoms with E-state index in [1.165, 1.54) is 7.05 Å². The summed E-state index contributed by atoms with van der Waals surface area (Å²) in [5.41, 5.74) is 3.70. The fourth-order valence-electron chi connectivity index (χ4n) is 1.10. The molecule has 0 aliphatic carbocycles. The molecule has 80 valence electrons. The molecule has 3 N–H and O–H groups in total. The molecule has 0 bridgehead atoms. The minimum Gasteiger partial charge on any atom is -0.387 e. The molecular weight excluding hydrogens is 199 g/mol. The van der Waals surface area contributed by atoms with Gasteiger partial charge >= 0.3 is 6.18 Å². The number of alkyl halides is 3. The third-order valence-corrected chi connectivity index (χ3v) is 1.71. The van der Waals surface area contributed by atoms with Crippen molar-refractivity contribution in [2.24, 2.45) is 12.8 Å². The third-order valence-electron chi connectivity index (χ3n) is 1.71. The predicted molar refractivity (Wildman–Crippen MR) is 42.2 cm³/mol. The van der Waals surface area contributed by atoms with Gasteiger partial charge in [0.15, 0.2) is 5.69 Å². The molecule has 1 heterocycles. The van der Waals surface area contributed by atoms with Crippen LogP contribution in [0.1, 0.15) is 17.4 Å². The van der Waals surface area contributed by atoms with E-state index in [4.69, 9.17) is 5.73 Å². The van der Waals surface area contributed by atoms with Crippen molar-refractivity contribution in [2.75, 3.05) is 6.54 Å². The van der Waals surface area contributed by atoms with E-state index in [0.717, 1.165) is 10.9 Å². The number of nitrogens with two attached hydrogens (primary N) is 1. The van der Waals surface area contributed by atoms with Crippen LogP contribution in [0.25, 0.3) is 0 Å². The van der Waals surface area contributed by atoms with E-state index in [9.17, 15) is 18.3 Å². The molecule has 0 radical (unpaired) electrons. The Labute approximate surface area is 78.1 Å². The highest BCUT2D eigenvalue weighted by Crippen LogP contribution is 2.32. The minimum atomic E-state index is -4.56. The molecule has 0 amide bonds. The van der Waals surface area contributed by atoms with Gasteiger partial charge in [-0.3, -0.25) is 4.68 Å². The number of aliphatic hydroxyl groups excluding tert-OH is 1. The number of aliphatic hydroxyl groups is 1. The Morgan fingerprint density at radius 2 is 2.21 bits per heavy atom. The van der Waals surface area contributed by atoms with Crippen LogP contribution in [-0.2, 0) is 13.2 Å². The smallest absolute Gasteiger partial charge is 0.387 e. The summed E-state index contributed by atoms with van der Waals surface area (Å²) in [6, 6.07) is 0. The number of aryl methyl sites for hydroxylation is 1. The Bertz CT molecular complexity index is 320. The number of nitrogens with zero attached hydrogens (tertiary/aromatic N) is 2. The Hall–Kier alpha value is -1.08. The van der Waals surface area contributed by atoms with Crippen molar-refractivity contribution >= 4 is 0 Å². The molecule has 1 aromatic heterocycles. The molecule has 0 spiro atoms. The summed E-state index contributed by atoms with van der Waals surface area (Å²) in [7, 11) is 1.35. The monoisotopic (exact) mass is 209 g/mol. The number of rotatable bonds is 2. The van der Waals surface area contributed by atoms with Crippen molar-refractivity contribution in [2.45, 2.75) is 12.3 Å². The van der Waals surface area contributed by atoms with Gasteiger partial charge in [0.25, 0.3) is 0 Å². The fourth-order valence-corrected chi connectivity index (χ4v) is 1.10. The van der Waals surface area contributed by atoms with Crippen LogP contribution in [0.15, 0.2) is 6.20 Å². The average molecular weight is 209 g/mol. The van der Waals surface area contributed by atoms with E-state index < -0.39 is 18.0 Å².